The minimum absolute atomic E-state index is 0.0564. The molecule has 0 spiro atoms. The van der Waals surface area contributed by atoms with Gasteiger partial charge in [0, 0.05) is 261 Å². The average Bonchev–Trinajstić information content (AvgIpc) is 1.64. The molecule has 0 aromatic rings. The van der Waals surface area contributed by atoms with E-state index in [1.807, 2.05) is 53.0 Å². The van der Waals surface area contributed by atoms with E-state index in [0.29, 0.717) is 116 Å². The number of alkyl halides is 1. The molecular formula is C101H178FN17O9. The van der Waals surface area contributed by atoms with E-state index in [1.165, 1.54) is 72.4 Å². The van der Waals surface area contributed by atoms with Crippen molar-refractivity contribution >= 4 is 53.2 Å². The molecule has 11 saturated heterocycles. The zero-order chi connectivity index (χ0) is 96.5. The fourth-order valence-electron chi connectivity index (χ4n) is 18.9. The first-order chi connectivity index (χ1) is 60.5. The zero-order valence-corrected chi connectivity index (χ0v) is 83.9. The smallest absolute Gasteiger partial charge is 0.246 e. The van der Waals surface area contributed by atoms with Crippen molar-refractivity contribution in [3.63, 3.8) is 0 Å². The third kappa shape index (κ3) is 37.3. The van der Waals surface area contributed by atoms with Crippen LogP contribution >= 0.6 is 0 Å². The van der Waals surface area contributed by atoms with Crippen LogP contribution in [0.25, 0.3) is 0 Å². The summed E-state index contributed by atoms with van der Waals surface area (Å²) in [5.74, 6) is 1.81. The number of amides is 9. The lowest BCUT2D eigenvalue weighted by molar-refractivity contribution is -0.132. The number of fused-ring (bicyclic) bond motifs is 4. The zero-order valence-electron chi connectivity index (χ0n) is 83.9. The second kappa shape index (κ2) is 59.1. The predicted octanol–water partition coefficient (Wildman–Crippen LogP) is 11.2. The van der Waals surface area contributed by atoms with Gasteiger partial charge >= 0.3 is 0 Å². The molecule has 0 saturated carbocycles. The van der Waals surface area contributed by atoms with Gasteiger partial charge in [0.1, 0.15) is 6.17 Å². The minimum atomic E-state index is -0.959. The number of hydrogen-bond donors (Lipinski definition) is 0. The SMILES string of the molecule is C=CC(=O)N1CCCN(C(C)C)CC1.C=CC(=O)N1CCCN(C(C)C)C[C@H]1C.C=CC(=O)N1CCN(C(C)C)CC(F)C1.C=CC(=O)N1CCN(C(C)C)CC1.C=CC(=O)N1CCN(C(C)C)C[C@H]1C.C=CC(=O)N1CCN(C(C)C)C[C@H]1CC.C=CC(=O)N1CC[C@@H](C(C)C)C1.C=CC(=O)N1C[C@H]2CC[C@@H](C1)N2C(C)C.C=CC(=O)N1[C@@H]2CC[C@H]1CN(C(C)C)C2. The fourth-order valence-corrected chi connectivity index (χ4v) is 18.9. The number of carbonyl (C=O) groups is 9. The first-order valence-electron chi connectivity index (χ1n) is 48.4. The van der Waals surface area contributed by atoms with Crippen LogP contribution in [-0.4, -0.2) is 410 Å². The molecule has 0 aliphatic carbocycles. The maximum Gasteiger partial charge on any atom is 0.246 e. The maximum absolute atomic E-state index is 13.5. The van der Waals surface area contributed by atoms with Crippen LogP contribution in [0.2, 0.25) is 0 Å². The lowest BCUT2D eigenvalue weighted by Gasteiger charge is -2.43. The van der Waals surface area contributed by atoms with Crippen LogP contribution in [0.4, 0.5) is 4.39 Å². The molecule has 4 bridgehead atoms. The van der Waals surface area contributed by atoms with Gasteiger partial charge in [0.2, 0.25) is 53.2 Å². The van der Waals surface area contributed by atoms with E-state index >= 15 is 0 Å². The van der Waals surface area contributed by atoms with Crippen LogP contribution in [0.5, 0.6) is 0 Å². The molecule has 728 valence electrons. The van der Waals surface area contributed by atoms with E-state index in [2.05, 4.69) is 230 Å². The van der Waals surface area contributed by atoms with E-state index in [1.54, 1.807) is 0 Å². The van der Waals surface area contributed by atoms with Gasteiger partial charge in [-0.05, 0) is 243 Å². The van der Waals surface area contributed by atoms with Crippen molar-refractivity contribution in [1.82, 2.24) is 83.3 Å². The highest BCUT2D eigenvalue weighted by atomic mass is 19.1. The van der Waals surface area contributed by atoms with Crippen molar-refractivity contribution in [2.75, 3.05) is 177 Å². The normalized spacial score (nSPS) is 24.5. The van der Waals surface area contributed by atoms with Gasteiger partial charge in [0.15, 0.2) is 0 Å². The number of halogens is 1. The number of nitrogens with zero attached hydrogens (tertiary/aromatic N) is 17. The quantitative estimate of drug-likeness (QED) is 0.110. The maximum atomic E-state index is 13.5. The van der Waals surface area contributed by atoms with Crippen LogP contribution < -0.4 is 0 Å². The number of hydrogen-bond acceptors (Lipinski definition) is 17. The Bertz CT molecular complexity index is 3400. The number of piperazine rings is 5. The van der Waals surface area contributed by atoms with Crippen LogP contribution in [0.15, 0.2) is 114 Å². The largest absolute Gasteiger partial charge is 0.339 e. The summed E-state index contributed by atoms with van der Waals surface area (Å²) in [5, 5.41) is 0. The molecule has 11 heterocycles. The number of rotatable bonds is 19. The fraction of sp³-hybridized carbons (Fsp3) is 0.733. The summed E-state index contributed by atoms with van der Waals surface area (Å²) >= 11 is 0. The van der Waals surface area contributed by atoms with Crippen LogP contribution in [-0.2, 0) is 43.2 Å². The Hall–Kier alpha value is -7.50. The highest BCUT2D eigenvalue weighted by molar-refractivity contribution is 5.91. The Balaban J connectivity index is 0.000000372. The van der Waals surface area contributed by atoms with Crippen molar-refractivity contribution in [2.45, 2.75) is 294 Å². The molecule has 11 aliphatic rings. The van der Waals surface area contributed by atoms with Gasteiger partial charge in [-0.25, -0.2) is 4.39 Å². The van der Waals surface area contributed by atoms with Crippen molar-refractivity contribution < 1.29 is 47.5 Å². The summed E-state index contributed by atoms with van der Waals surface area (Å²) in [6, 6.07) is 7.33. The predicted molar refractivity (Wildman–Crippen MR) is 524 cm³/mol. The second-order valence-electron chi connectivity index (χ2n) is 38.5. The van der Waals surface area contributed by atoms with E-state index < -0.39 is 6.17 Å². The molecule has 11 aliphatic heterocycles. The summed E-state index contributed by atoms with van der Waals surface area (Å²) in [5.41, 5.74) is 0. The van der Waals surface area contributed by atoms with Crippen molar-refractivity contribution in [2.24, 2.45) is 11.8 Å². The summed E-state index contributed by atoms with van der Waals surface area (Å²) in [7, 11) is 0. The number of likely N-dealkylation sites (tertiary alicyclic amines) is 3. The minimum Gasteiger partial charge on any atom is -0.339 e. The van der Waals surface area contributed by atoms with E-state index in [4.69, 9.17) is 0 Å². The van der Waals surface area contributed by atoms with Crippen LogP contribution in [0, 0.1) is 11.8 Å². The monoisotopic (exact) mass is 1790 g/mol. The van der Waals surface area contributed by atoms with Gasteiger partial charge in [-0.15, -0.1) is 0 Å². The van der Waals surface area contributed by atoms with Crippen molar-refractivity contribution in [3.8, 4) is 0 Å². The topological polar surface area (TPSA) is 209 Å². The molecule has 11 fully saturated rings. The molecule has 0 radical (unpaired) electrons. The Kier molecular flexibility index (Phi) is 52.9. The third-order valence-corrected chi connectivity index (χ3v) is 27.0. The first kappa shape index (κ1) is 115. The van der Waals surface area contributed by atoms with Crippen molar-refractivity contribution in [3.05, 3.63) is 114 Å². The standard InChI is InChI=1S/2C12H20N2O.2C12H22N2O.C11H19FN2O.2C11H20N2O.C10H18N2O.C10H17NO/c1-4-12(15)13-7-10-5-6-11(8-13)14(10)9(2)3;1-4-12(15)14-10-5-6-11(14)8-13(7-10)9(2)3;1-5-12(15)14-8-6-7-13(10(2)3)9-11(14)4;1-5-11-9-13(10(3)4)7-8-14(11)12(15)6-2;1-4-11(15)14-6-5-13(9(2)3)7-10(12)8-14;1-5-11(14)13-7-6-12(9(2)3)8-10(13)4;1-4-11(14)13-7-5-6-12(8-9-13)10(2)3;1-4-10(13)12-7-5-11(6-8-12)9(2)3;1-4-10(12)11-6-5-9(7-11)8(2)3/h2*4,9-11H,1,5-8H2,2-3H3;5,10-11H,1,6-9H2,2-4H3;6,10-11H,2,5,7-9H2,1,3-4H3;4,9-10H,1,5-8H2,2-3H3;5,9-10H,1,6-8H2,2-4H3;4,10H,1,5-9H2,2-3H3;4,9H,1,5-8H2,2-3H3;4,8-9H,1,5-7H2,2-3H3/t2*10-,11+;2*11-;;10-;;;9-/m..11.1..1/s1. The van der Waals surface area contributed by atoms with Gasteiger partial charge in [-0.1, -0.05) is 80.0 Å². The third-order valence-electron chi connectivity index (χ3n) is 27.0. The highest BCUT2D eigenvalue weighted by Gasteiger charge is 2.44. The lowest BCUT2D eigenvalue weighted by atomic mass is 9.95. The summed E-state index contributed by atoms with van der Waals surface area (Å²) < 4.78 is 13.5. The summed E-state index contributed by atoms with van der Waals surface area (Å²) in [4.78, 5) is 139. The van der Waals surface area contributed by atoms with Gasteiger partial charge < -0.3 is 44.1 Å². The van der Waals surface area contributed by atoms with E-state index in [9.17, 15) is 47.5 Å². The highest BCUT2D eigenvalue weighted by Crippen LogP contribution is 2.34. The Morgan fingerprint density at radius 3 is 1.00 bits per heavy atom. The second-order valence-corrected chi connectivity index (χ2v) is 38.5. The van der Waals surface area contributed by atoms with Crippen molar-refractivity contribution in [1.29, 1.82) is 0 Å². The Labute approximate surface area is 776 Å². The number of carbonyl (C=O) groups excluding carboxylic acids is 9. The molecular weight excluding hydrogens is 1610 g/mol. The molecule has 26 nitrogen and oxygen atoms in total. The molecule has 27 heteroatoms. The molecule has 0 aromatic heterocycles. The first-order valence-corrected chi connectivity index (χ1v) is 48.4. The Morgan fingerprint density at radius 1 is 0.281 bits per heavy atom. The molecule has 9 atom stereocenters. The van der Waals surface area contributed by atoms with Crippen LogP contribution in [0.1, 0.15) is 197 Å². The molecule has 128 heavy (non-hydrogen) atoms. The molecule has 0 aromatic carbocycles. The molecule has 9 amide bonds. The van der Waals surface area contributed by atoms with Gasteiger partial charge in [-0.3, -0.25) is 82.4 Å². The summed E-state index contributed by atoms with van der Waals surface area (Å²) in [6.45, 7) is 101. The molecule has 0 N–H and O–H groups in total. The van der Waals surface area contributed by atoms with E-state index in [-0.39, 0.29) is 59.7 Å². The lowest BCUT2D eigenvalue weighted by Crippen LogP contribution is -2.57. The van der Waals surface area contributed by atoms with E-state index in [0.717, 1.165) is 196 Å². The average molecular weight is 1790 g/mol. The van der Waals surface area contributed by atoms with Gasteiger partial charge in [-0.2, -0.15) is 0 Å². The molecule has 1 unspecified atom stereocenters. The van der Waals surface area contributed by atoms with Gasteiger partial charge in [0.25, 0.3) is 0 Å². The van der Waals surface area contributed by atoms with Crippen LogP contribution in [0.3, 0.4) is 0 Å². The van der Waals surface area contributed by atoms with Gasteiger partial charge in [0.05, 0.1) is 6.54 Å². The summed E-state index contributed by atoms with van der Waals surface area (Å²) in [6.07, 6.45) is 20.7. The molecule has 11 rings (SSSR count). The Morgan fingerprint density at radius 2 is 0.602 bits per heavy atom.